The molecular formula is C3H5BN2O3. The summed E-state index contributed by atoms with van der Waals surface area (Å²) in [6.45, 7) is 0. The van der Waals surface area contributed by atoms with Crippen molar-refractivity contribution in [3.63, 3.8) is 0 Å². The Kier molecular flexibility index (Phi) is 1.41. The lowest BCUT2D eigenvalue weighted by atomic mass is 9.83. The molecule has 0 fully saturated rings. The molecule has 0 saturated carbocycles. The van der Waals surface area contributed by atoms with Gasteiger partial charge in [-0.05, 0) is 0 Å². The summed E-state index contributed by atoms with van der Waals surface area (Å²) in [5, 5.41) is 28.6. The van der Waals surface area contributed by atoms with E-state index in [9.17, 15) is 0 Å². The summed E-state index contributed by atoms with van der Waals surface area (Å²) in [5.41, 5.74) is 0.164. The summed E-state index contributed by atoms with van der Waals surface area (Å²) < 4.78 is 0. The van der Waals surface area contributed by atoms with Crippen LogP contribution in [-0.2, 0) is 0 Å². The molecule has 0 atom stereocenters. The highest BCUT2D eigenvalue weighted by Gasteiger charge is 2.12. The molecule has 1 heterocycles. The van der Waals surface area contributed by atoms with Gasteiger partial charge in [-0.15, -0.1) is 9.94 Å². The summed E-state index contributed by atoms with van der Waals surface area (Å²) in [4.78, 5) is 0.509. The Morgan fingerprint density at radius 2 is 2.22 bits per heavy atom. The Morgan fingerprint density at radius 3 is 2.44 bits per heavy atom. The van der Waals surface area contributed by atoms with Gasteiger partial charge in [0.05, 0.1) is 12.4 Å². The monoisotopic (exact) mass is 128 g/mol. The van der Waals surface area contributed by atoms with Gasteiger partial charge in [-0.1, -0.05) is 0 Å². The average Bonchev–Trinajstić information content (AvgIpc) is 2.14. The molecule has 0 unspecified atom stereocenters. The van der Waals surface area contributed by atoms with E-state index >= 15 is 0 Å². The molecule has 0 saturated heterocycles. The van der Waals surface area contributed by atoms with Crippen LogP contribution in [-0.4, -0.2) is 32.3 Å². The second-order valence-electron chi connectivity index (χ2n) is 1.57. The summed E-state index contributed by atoms with van der Waals surface area (Å²) in [6.07, 6.45) is 2.26. The Balaban J connectivity index is 2.85. The first-order valence-electron chi connectivity index (χ1n) is 2.30. The lowest BCUT2D eigenvalue weighted by molar-refractivity contribution is 0.149. The molecule has 0 spiro atoms. The average molecular weight is 128 g/mol. The molecule has 3 N–H and O–H groups in total. The van der Waals surface area contributed by atoms with E-state index in [1.807, 2.05) is 0 Å². The third-order valence-corrected chi connectivity index (χ3v) is 0.888. The minimum Gasteiger partial charge on any atom is -0.423 e. The van der Waals surface area contributed by atoms with Crippen molar-refractivity contribution in [3.8, 4) is 0 Å². The first kappa shape index (κ1) is 6.12. The van der Waals surface area contributed by atoms with Crippen LogP contribution in [0.25, 0.3) is 0 Å². The highest BCUT2D eigenvalue weighted by Crippen LogP contribution is 1.76. The van der Waals surface area contributed by atoms with Gasteiger partial charge in [0.15, 0.2) is 0 Å². The van der Waals surface area contributed by atoms with Crippen LogP contribution >= 0.6 is 0 Å². The lowest BCUT2D eigenvalue weighted by Crippen LogP contribution is -2.28. The molecule has 5 nitrogen and oxygen atoms in total. The largest absolute Gasteiger partial charge is 0.491 e. The van der Waals surface area contributed by atoms with Crippen molar-refractivity contribution in [2.45, 2.75) is 0 Å². The van der Waals surface area contributed by atoms with Crippen molar-refractivity contribution in [1.82, 2.24) is 9.94 Å². The van der Waals surface area contributed by atoms with E-state index in [4.69, 9.17) is 15.3 Å². The molecule has 0 aliphatic rings. The zero-order valence-electron chi connectivity index (χ0n) is 4.47. The molecule has 1 aromatic heterocycles. The number of nitrogens with zero attached hydrogens (tertiary/aromatic N) is 2. The molecule has 9 heavy (non-hydrogen) atoms. The van der Waals surface area contributed by atoms with Gasteiger partial charge in [0.1, 0.15) is 0 Å². The zero-order valence-corrected chi connectivity index (χ0v) is 4.47. The number of hydrogen-bond donors (Lipinski definition) is 3. The first-order chi connectivity index (χ1) is 4.20. The van der Waals surface area contributed by atoms with E-state index < -0.39 is 7.12 Å². The number of aromatic nitrogens is 2. The highest BCUT2D eigenvalue weighted by molar-refractivity contribution is 6.58. The molecule has 6 heteroatoms. The van der Waals surface area contributed by atoms with E-state index in [-0.39, 0.29) is 5.46 Å². The fraction of sp³-hybridized carbons (Fsp3) is 0. The zero-order chi connectivity index (χ0) is 6.85. The van der Waals surface area contributed by atoms with Crippen LogP contribution in [0.5, 0.6) is 0 Å². The minimum absolute atomic E-state index is 0.164. The summed E-state index contributed by atoms with van der Waals surface area (Å²) in [7, 11) is -1.56. The molecule has 0 aliphatic heterocycles. The van der Waals surface area contributed by atoms with Gasteiger partial charge in [-0.3, -0.25) is 0 Å². The quantitative estimate of drug-likeness (QED) is 0.296. The number of rotatable bonds is 1. The maximum Gasteiger partial charge on any atom is 0.491 e. The van der Waals surface area contributed by atoms with Crippen LogP contribution < -0.4 is 5.46 Å². The molecule has 0 aromatic carbocycles. The van der Waals surface area contributed by atoms with E-state index in [2.05, 4.69) is 5.10 Å². The lowest BCUT2D eigenvalue weighted by Gasteiger charge is -1.87. The Labute approximate surface area is 51.3 Å². The number of hydrogen-bond acceptors (Lipinski definition) is 4. The fourth-order valence-corrected chi connectivity index (χ4v) is 0.459. The Hall–Kier alpha value is -1.01. The van der Waals surface area contributed by atoms with Gasteiger partial charge in [0, 0.05) is 5.46 Å². The van der Waals surface area contributed by atoms with Crippen LogP contribution in [0.2, 0.25) is 0 Å². The van der Waals surface area contributed by atoms with E-state index in [0.29, 0.717) is 4.85 Å². The molecule has 0 aliphatic carbocycles. The molecule has 1 aromatic rings. The maximum atomic E-state index is 8.49. The first-order valence-corrected chi connectivity index (χ1v) is 2.30. The third-order valence-electron chi connectivity index (χ3n) is 0.888. The van der Waals surface area contributed by atoms with E-state index in [1.165, 1.54) is 0 Å². The van der Waals surface area contributed by atoms with Crippen LogP contribution in [0.3, 0.4) is 0 Å². The van der Waals surface area contributed by atoms with Crippen molar-refractivity contribution < 1.29 is 15.3 Å². The molecule has 1 rings (SSSR count). The molecule has 0 amide bonds. The van der Waals surface area contributed by atoms with Crippen molar-refractivity contribution in [1.29, 1.82) is 0 Å². The molecule has 48 valence electrons. The van der Waals surface area contributed by atoms with Crippen LogP contribution in [0.1, 0.15) is 0 Å². The van der Waals surface area contributed by atoms with Gasteiger partial charge in [-0.25, -0.2) is 0 Å². The summed E-state index contributed by atoms with van der Waals surface area (Å²) >= 11 is 0. The molecule has 0 radical (unpaired) electrons. The van der Waals surface area contributed by atoms with E-state index in [0.717, 1.165) is 12.4 Å². The van der Waals surface area contributed by atoms with E-state index in [1.54, 1.807) is 0 Å². The van der Waals surface area contributed by atoms with Crippen molar-refractivity contribution in [2.24, 2.45) is 0 Å². The second kappa shape index (κ2) is 2.08. The van der Waals surface area contributed by atoms with Crippen molar-refractivity contribution >= 4 is 12.6 Å². The normalized spacial score (nSPS) is 9.56. The maximum absolute atomic E-state index is 8.49. The van der Waals surface area contributed by atoms with Crippen LogP contribution in [0, 0.1) is 0 Å². The topological polar surface area (TPSA) is 78.5 Å². The van der Waals surface area contributed by atoms with Crippen molar-refractivity contribution in [2.75, 3.05) is 0 Å². The van der Waals surface area contributed by atoms with Crippen molar-refractivity contribution in [3.05, 3.63) is 12.4 Å². The van der Waals surface area contributed by atoms with Gasteiger partial charge in [0.25, 0.3) is 0 Å². The van der Waals surface area contributed by atoms with Gasteiger partial charge in [-0.2, -0.15) is 0 Å². The predicted molar refractivity (Wildman–Crippen MR) is 29.2 cm³/mol. The summed E-state index contributed by atoms with van der Waals surface area (Å²) in [6, 6.07) is 0. The SMILES string of the molecule is OB(O)c1cnn(O)c1. The summed E-state index contributed by atoms with van der Waals surface area (Å²) in [5.74, 6) is 0. The molecular weight excluding hydrogens is 123 g/mol. The molecule has 0 bridgehead atoms. The Bertz CT molecular complexity index is 199. The van der Waals surface area contributed by atoms with Crippen LogP contribution in [0.4, 0.5) is 0 Å². The van der Waals surface area contributed by atoms with Gasteiger partial charge in [0.2, 0.25) is 0 Å². The standard InChI is InChI=1S/C3H5BN2O3/c7-4(8)3-1-5-6(9)2-3/h1-2,7-9H. The fourth-order valence-electron chi connectivity index (χ4n) is 0.459. The Morgan fingerprint density at radius 1 is 1.56 bits per heavy atom. The van der Waals surface area contributed by atoms with Gasteiger partial charge < -0.3 is 15.3 Å². The second-order valence-corrected chi connectivity index (χ2v) is 1.57. The third kappa shape index (κ3) is 1.21. The van der Waals surface area contributed by atoms with Gasteiger partial charge >= 0.3 is 7.12 Å². The predicted octanol–water partition coefficient (Wildman–Crippen LogP) is -2.20. The highest BCUT2D eigenvalue weighted by atomic mass is 16.5. The smallest absolute Gasteiger partial charge is 0.423 e. The van der Waals surface area contributed by atoms with Crippen LogP contribution in [0.15, 0.2) is 12.4 Å². The minimum atomic E-state index is -1.56.